The number of nitrogen functional groups attached to an aromatic ring is 1. The summed E-state index contributed by atoms with van der Waals surface area (Å²) in [6.07, 6.45) is 5.00. The molecule has 0 radical (unpaired) electrons. The zero-order valence-electron chi connectivity index (χ0n) is 10.4. The summed E-state index contributed by atoms with van der Waals surface area (Å²) >= 11 is 1.62. The summed E-state index contributed by atoms with van der Waals surface area (Å²) in [6.45, 7) is 0.505. The Bertz CT molecular complexity index is 714. The van der Waals surface area contributed by atoms with Crippen molar-refractivity contribution in [3.8, 4) is 10.7 Å². The van der Waals surface area contributed by atoms with Crippen LogP contribution in [0.15, 0.2) is 46.7 Å². The highest BCUT2D eigenvalue weighted by atomic mass is 32.1. The molecule has 0 fully saturated rings. The Kier molecular flexibility index (Phi) is 3.36. The molecule has 102 valence electrons. The number of nitrogens with one attached hydrogen (secondary N) is 1. The van der Waals surface area contributed by atoms with Gasteiger partial charge in [-0.2, -0.15) is 0 Å². The molecule has 3 heterocycles. The number of carbonyl (C=O) groups is 1. The third-order valence-corrected chi connectivity index (χ3v) is 3.70. The third kappa shape index (κ3) is 2.36. The van der Waals surface area contributed by atoms with Crippen LogP contribution >= 0.6 is 11.3 Å². The lowest BCUT2D eigenvalue weighted by atomic mass is 10.3. The smallest absolute Gasteiger partial charge is 0.268 e. The molecule has 0 saturated carbocycles. The van der Waals surface area contributed by atoms with Crippen LogP contribution in [0.25, 0.3) is 10.7 Å². The van der Waals surface area contributed by atoms with Gasteiger partial charge in [-0.25, -0.2) is 10.8 Å². The lowest BCUT2D eigenvalue weighted by Crippen LogP contribution is -2.29. The van der Waals surface area contributed by atoms with E-state index >= 15 is 0 Å². The Hall–Kier alpha value is -2.38. The number of nitrogens with two attached hydrogens (primary N) is 1. The SMILES string of the molecule is NNC(=O)c1coc(Cn2ccnc2-c2cccs2)c1. The maximum absolute atomic E-state index is 11.4. The first kappa shape index (κ1) is 12.6. The van der Waals surface area contributed by atoms with E-state index in [0.717, 1.165) is 10.7 Å². The van der Waals surface area contributed by atoms with Gasteiger partial charge in [0.25, 0.3) is 5.91 Å². The van der Waals surface area contributed by atoms with Gasteiger partial charge in [0.15, 0.2) is 0 Å². The van der Waals surface area contributed by atoms with Crippen LogP contribution in [0.5, 0.6) is 0 Å². The predicted octanol–water partition coefficient (Wildman–Crippen LogP) is 1.86. The molecule has 0 aliphatic rings. The van der Waals surface area contributed by atoms with E-state index in [4.69, 9.17) is 10.3 Å². The molecule has 0 atom stereocenters. The monoisotopic (exact) mass is 288 g/mol. The number of amides is 1. The van der Waals surface area contributed by atoms with Gasteiger partial charge in [-0.3, -0.25) is 10.2 Å². The minimum atomic E-state index is -0.371. The first-order valence-electron chi connectivity index (χ1n) is 5.91. The van der Waals surface area contributed by atoms with Crippen molar-refractivity contribution in [1.29, 1.82) is 0 Å². The van der Waals surface area contributed by atoms with Crippen LogP contribution < -0.4 is 11.3 Å². The highest BCUT2D eigenvalue weighted by molar-refractivity contribution is 7.13. The van der Waals surface area contributed by atoms with Gasteiger partial charge < -0.3 is 8.98 Å². The molecular formula is C13H12N4O2S. The Balaban J connectivity index is 1.84. The van der Waals surface area contributed by atoms with Crippen molar-refractivity contribution < 1.29 is 9.21 Å². The average molecular weight is 288 g/mol. The molecule has 0 saturated heterocycles. The Labute approximate surface area is 118 Å². The molecule has 3 aromatic rings. The molecule has 3 aromatic heterocycles. The number of rotatable bonds is 4. The number of hydrogen-bond acceptors (Lipinski definition) is 5. The van der Waals surface area contributed by atoms with Gasteiger partial charge in [-0.1, -0.05) is 6.07 Å². The van der Waals surface area contributed by atoms with Crippen molar-refractivity contribution >= 4 is 17.2 Å². The maximum Gasteiger partial charge on any atom is 0.268 e. The van der Waals surface area contributed by atoms with E-state index < -0.39 is 0 Å². The van der Waals surface area contributed by atoms with E-state index in [1.54, 1.807) is 23.6 Å². The van der Waals surface area contributed by atoms with Crippen LogP contribution in [0.1, 0.15) is 16.1 Å². The summed E-state index contributed by atoms with van der Waals surface area (Å²) in [7, 11) is 0. The van der Waals surface area contributed by atoms with Gasteiger partial charge in [-0.15, -0.1) is 11.3 Å². The standard InChI is InChI=1S/C13H12N4O2S/c14-16-13(18)9-6-10(19-8-9)7-17-4-3-15-12(17)11-2-1-5-20-11/h1-6,8H,7,14H2,(H,16,18). The minimum Gasteiger partial charge on any atom is -0.467 e. The topological polar surface area (TPSA) is 86.1 Å². The molecule has 3 N–H and O–H groups in total. The maximum atomic E-state index is 11.4. The largest absolute Gasteiger partial charge is 0.467 e. The number of imidazole rings is 1. The van der Waals surface area contributed by atoms with Crippen molar-refractivity contribution in [2.24, 2.45) is 5.84 Å². The fourth-order valence-electron chi connectivity index (χ4n) is 1.90. The number of hydrogen-bond donors (Lipinski definition) is 2. The first-order valence-corrected chi connectivity index (χ1v) is 6.79. The zero-order valence-corrected chi connectivity index (χ0v) is 11.3. The van der Waals surface area contributed by atoms with E-state index in [9.17, 15) is 4.79 Å². The second-order valence-electron chi connectivity index (χ2n) is 4.13. The molecule has 3 rings (SSSR count). The number of furan rings is 1. The Morgan fingerprint density at radius 1 is 1.55 bits per heavy atom. The highest BCUT2D eigenvalue weighted by Crippen LogP contribution is 2.23. The summed E-state index contributed by atoms with van der Waals surface area (Å²) in [4.78, 5) is 16.8. The summed E-state index contributed by atoms with van der Waals surface area (Å²) in [5.74, 6) is 6.25. The van der Waals surface area contributed by atoms with Crippen molar-refractivity contribution in [2.45, 2.75) is 6.54 Å². The second-order valence-corrected chi connectivity index (χ2v) is 5.08. The summed E-state index contributed by atoms with van der Waals surface area (Å²) in [5, 5.41) is 2.00. The van der Waals surface area contributed by atoms with Crippen LogP contribution in [0.3, 0.4) is 0 Å². The first-order chi connectivity index (χ1) is 9.78. The van der Waals surface area contributed by atoms with Gasteiger partial charge in [-0.05, 0) is 17.5 Å². The van der Waals surface area contributed by atoms with Gasteiger partial charge in [0.05, 0.1) is 17.0 Å². The molecular weight excluding hydrogens is 276 g/mol. The van der Waals surface area contributed by atoms with Gasteiger partial charge in [0.2, 0.25) is 0 Å². The lowest BCUT2D eigenvalue weighted by Gasteiger charge is -2.03. The fraction of sp³-hybridized carbons (Fsp3) is 0.0769. The van der Waals surface area contributed by atoms with Crippen molar-refractivity contribution in [3.63, 3.8) is 0 Å². The molecule has 0 aromatic carbocycles. The van der Waals surface area contributed by atoms with Crippen molar-refractivity contribution in [3.05, 3.63) is 53.6 Å². The quantitative estimate of drug-likeness (QED) is 0.436. The molecule has 1 amide bonds. The number of hydrazine groups is 1. The molecule has 0 bridgehead atoms. The normalized spacial score (nSPS) is 10.7. The van der Waals surface area contributed by atoms with Crippen LogP contribution in [0.4, 0.5) is 0 Å². The second kappa shape index (κ2) is 5.32. The number of nitrogens with zero attached hydrogens (tertiary/aromatic N) is 2. The van der Waals surface area contributed by atoms with E-state index in [0.29, 0.717) is 17.9 Å². The van der Waals surface area contributed by atoms with E-state index in [-0.39, 0.29) is 5.91 Å². The molecule has 0 unspecified atom stereocenters. The van der Waals surface area contributed by atoms with E-state index in [2.05, 4.69) is 10.4 Å². The van der Waals surface area contributed by atoms with Crippen LogP contribution in [-0.4, -0.2) is 15.5 Å². The van der Waals surface area contributed by atoms with Gasteiger partial charge >= 0.3 is 0 Å². The average Bonchev–Trinajstić information content (AvgIpc) is 3.18. The van der Waals surface area contributed by atoms with Gasteiger partial charge in [0.1, 0.15) is 17.8 Å². The number of thiophene rings is 1. The minimum absolute atomic E-state index is 0.371. The predicted molar refractivity (Wildman–Crippen MR) is 75.0 cm³/mol. The van der Waals surface area contributed by atoms with E-state index in [1.165, 1.54) is 6.26 Å². The Morgan fingerprint density at radius 2 is 2.45 bits per heavy atom. The zero-order chi connectivity index (χ0) is 13.9. The van der Waals surface area contributed by atoms with Gasteiger partial charge in [0, 0.05) is 12.4 Å². The summed E-state index contributed by atoms with van der Waals surface area (Å²) in [5.41, 5.74) is 2.47. The molecule has 6 nitrogen and oxygen atoms in total. The highest BCUT2D eigenvalue weighted by Gasteiger charge is 2.12. The molecule has 0 spiro atoms. The van der Waals surface area contributed by atoms with Crippen molar-refractivity contribution in [1.82, 2.24) is 15.0 Å². The molecule has 20 heavy (non-hydrogen) atoms. The summed E-state index contributed by atoms with van der Waals surface area (Å²) in [6, 6.07) is 5.66. The fourth-order valence-corrected chi connectivity index (χ4v) is 2.64. The third-order valence-electron chi connectivity index (χ3n) is 2.83. The number of aromatic nitrogens is 2. The van der Waals surface area contributed by atoms with Crippen LogP contribution in [0.2, 0.25) is 0 Å². The van der Waals surface area contributed by atoms with Crippen molar-refractivity contribution in [2.75, 3.05) is 0 Å². The summed E-state index contributed by atoms with van der Waals surface area (Å²) < 4.78 is 7.34. The molecule has 0 aliphatic heterocycles. The molecule has 0 aliphatic carbocycles. The Morgan fingerprint density at radius 3 is 3.20 bits per heavy atom. The number of carbonyl (C=O) groups excluding carboxylic acids is 1. The molecule has 7 heteroatoms. The van der Waals surface area contributed by atoms with Crippen LogP contribution in [0, 0.1) is 0 Å². The lowest BCUT2D eigenvalue weighted by molar-refractivity contribution is 0.0953. The van der Waals surface area contributed by atoms with E-state index in [1.807, 2.05) is 28.3 Å². The van der Waals surface area contributed by atoms with Crippen LogP contribution in [-0.2, 0) is 6.54 Å².